The van der Waals surface area contributed by atoms with Crippen molar-refractivity contribution in [3.63, 3.8) is 0 Å². The van der Waals surface area contributed by atoms with Gasteiger partial charge >= 0.3 is 0 Å². The standard InChI is InChI=1S/C13H10Br2N2OS/c14-10-6-8(12(15)19-10)13(18)17-5-4-7-2-1-3-9(16)11(7)17/h1-3,6H,4-5,16H2. The molecule has 1 aliphatic rings. The van der Waals surface area contributed by atoms with E-state index in [1.165, 1.54) is 11.3 Å². The summed E-state index contributed by atoms with van der Waals surface area (Å²) in [4.78, 5) is 14.4. The van der Waals surface area contributed by atoms with E-state index in [2.05, 4.69) is 31.9 Å². The zero-order valence-corrected chi connectivity index (χ0v) is 13.8. The van der Waals surface area contributed by atoms with Crippen molar-refractivity contribution in [2.24, 2.45) is 0 Å². The highest BCUT2D eigenvalue weighted by atomic mass is 79.9. The SMILES string of the molecule is Nc1cccc2c1N(C(=O)c1cc(Br)sc1Br)CC2. The predicted molar refractivity (Wildman–Crippen MR) is 86.0 cm³/mol. The van der Waals surface area contributed by atoms with Crippen LogP contribution in [-0.2, 0) is 6.42 Å². The number of thiophene rings is 1. The molecule has 19 heavy (non-hydrogen) atoms. The number of nitrogens with two attached hydrogens (primary N) is 1. The van der Waals surface area contributed by atoms with Crippen molar-refractivity contribution in [1.82, 2.24) is 0 Å². The smallest absolute Gasteiger partial charge is 0.260 e. The molecular weight excluding hydrogens is 392 g/mol. The number of halogens is 2. The van der Waals surface area contributed by atoms with E-state index in [9.17, 15) is 4.79 Å². The number of nitrogens with zero attached hydrogens (tertiary/aromatic N) is 1. The summed E-state index contributed by atoms with van der Waals surface area (Å²) < 4.78 is 1.77. The average Bonchev–Trinajstić information content (AvgIpc) is 2.93. The summed E-state index contributed by atoms with van der Waals surface area (Å²) >= 11 is 8.33. The third-order valence-corrected chi connectivity index (χ3v) is 5.50. The molecule has 0 unspecified atom stereocenters. The molecule has 1 aromatic carbocycles. The average molecular weight is 402 g/mol. The number of nitrogen functional groups attached to an aromatic ring is 1. The van der Waals surface area contributed by atoms with Gasteiger partial charge in [-0.05, 0) is 56.0 Å². The molecule has 0 bridgehead atoms. The van der Waals surface area contributed by atoms with Gasteiger partial charge in [0, 0.05) is 6.54 Å². The lowest BCUT2D eigenvalue weighted by atomic mass is 10.1. The molecule has 0 aliphatic carbocycles. The van der Waals surface area contributed by atoms with Crippen molar-refractivity contribution in [3.05, 3.63) is 43.0 Å². The largest absolute Gasteiger partial charge is 0.397 e. The molecule has 2 N–H and O–H groups in total. The molecule has 0 fully saturated rings. The van der Waals surface area contributed by atoms with E-state index in [-0.39, 0.29) is 5.91 Å². The Bertz CT molecular complexity index is 669. The summed E-state index contributed by atoms with van der Waals surface area (Å²) in [5, 5.41) is 0. The molecule has 0 atom stereocenters. The molecule has 3 nitrogen and oxygen atoms in total. The van der Waals surface area contributed by atoms with Crippen LogP contribution in [0.4, 0.5) is 11.4 Å². The Morgan fingerprint density at radius 2 is 2.16 bits per heavy atom. The first-order valence-electron chi connectivity index (χ1n) is 5.72. The fraction of sp³-hybridized carbons (Fsp3) is 0.154. The Balaban J connectivity index is 2.02. The van der Waals surface area contributed by atoms with E-state index in [0.29, 0.717) is 17.8 Å². The first-order chi connectivity index (χ1) is 9.08. The maximum atomic E-state index is 12.6. The summed E-state index contributed by atoms with van der Waals surface area (Å²) in [6.45, 7) is 0.683. The molecule has 2 aromatic rings. The van der Waals surface area contributed by atoms with Crippen LogP contribution < -0.4 is 10.6 Å². The number of amides is 1. The van der Waals surface area contributed by atoms with Gasteiger partial charge in [0.1, 0.15) is 0 Å². The second kappa shape index (κ2) is 4.92. The van der Waals surface area contributed by atoms with Gasteiger partial charge < -0.3 is 10.6 Å². The minimum absolute atomic E-state index is 0.00882. The lowest BCUT2D eigenvalue weighted by Crippen LogP contribution is -2.29. The Kier molecular flexibility index (Phi) is 3.41. The second-order valence-electron chi connectivity index (χ2n) is 4.30. The first-order valence-corrected chi connectivity index (χ1v) is 8.12. The Labute approximate surface area is 131 Å². The van der Waals surface area contributed by atoms with Crippen molar-refractivity contribution in [1.29, 1.82) is 0 Å². The number of fused-ring (bicyclic) bond motifs is 1. The van der Waals surface area contributed by atoms with E-state index >= 15 is 0 Å². The van der Waals surface area contributed by atoms with Crippen molar-refractivity contribution >= 4 is 60.5 Å². The van der Waals surface area contributed by atoms with Crippen LogP contribution in [0, 0.1) is 0 Å². The maximum Gasteiger partial charge on any atom is 0.260 e. The summed E-state index contributed by atoms with van der Waals surface area (Å²) in [6, 6.07) is 7.63. The van der Waals surface area contributed by atoms with E-state index in [4.69, 9.17) is 5.73 Å². The number of hydrogen-bond donors (Lipinski definition) is 1. The Morgan fingerprint density at radius 3 is 2.84 bits per heavy atom. The number of anilines is 2. The zero-order chi connectivity index (χ0) is 13.6. The van der Waals surface area contributed by atoms with E-state index in [1.54, 1.807) is 4.90 Å². The lowest BCUT2D eigenvalue weighted by molar-refractivity contribution is 0.0989. The van der Waals surface area contributed by atoms with Crippen LogP contribution in [0.2, 0.25) is 0 Å². The van der Waals surface area contributed by atoms with E-state index in [1.807, 2.05) is 24.3 Å². The number of carbonyl (C=O) groups excluding carboxylic acids is 1. The molecule has 0 spiro atoms. The highest BCUT2D eigenvalue weighted by molar-refractivity contribution is 9.12. The van der Waals surface area contributed by atoms with Gasteiger partial charge in [0.2, 0.25) is 0 Å². The number of benzene rings is 1. The highest BCUT2D eigenvalue weighted by Gasteiger charge is 2.29. The molecule has 1 aromatic heterocycles. The minimum Gasteiger partial charge on any atom is -0.397 e. The third kappa shape index (κ3) is 2.22. The maximum absolute atomic E-state index is 12.6. The second-order valence-corrected chi connectivity index (χ2v) is 8.05. The Hall–Kier alpha value is -0.850. The van der Waals surface area contributed by atoms with Gasteiger partial charge in [0.15, 0.2) is 0 Å². The number of rotatable bonds is 1. The van der Waals surface area contributed by atoms with Crippen molar-refractivity contribution in [2.45, 2.75) is 6.42 Å². The molecular formula is C13H10Br2N2OS. The van der Waals surface area contributed by atoms with Crippen LogP contribution in [0.25, 0.3) is 0 Å². The van der Waals surface area contributed by atoms with Crippen molar-refractivity contribution < 1.29 is 4.79 Å². The lowest BCUT2D eigenvalue weighted by Gasteiger charge is -2.18. The van der Waals surface area contributed by atoms with Crippen LogP contribution in [0.5, 0.6) is 0 Å². The van der Waals surface area contributed by atoms with Crippen LogP contribution >= 0.6 is 43.2 Å². The molecule has 0 saturated heterocycles. The van der Waals surface area contributed by atoms with Crippen LogP contribution in [-0.4, -0.2) is 12.5 Å². The van der Waals surface area contributed by atoms with Crippen LogP contribution in [0.3, 0.4) is 0 Å². The predicted octanol–water partition coefficient (Wildman–Crippen LogP) is 4.06. The summed E-state index contributed by atoms with van der Waals surface area (Å²) in [6.07, 6.45) is 0.856. The summed E-state index contributed by atoms with van der Waals surface area (Å²) in [5.74, 6) is -0.00882. The molecule has 3 rings (SSSR count). The van der Waals surface area contributed by atoms with E-state index < -0.39 is 0 Å². The normalized spacial score (nSPS) is 13.7. The molecule has 6 heteroatoms. The fourth-order valence-electron chi connectivity index (χ4n) is 2.32. The number of carbonyl (C=O) groups is 1. The monoisotopic (exact) mass is 400 g/mol. The third-order valence-electron chi connectivity index (χ3n) is 3.16. The van der Waals surface area contributed by atoms with Gasteiger partial charge in [0.25, 0.3) is 5.91 Å². The highest BCUT2D eigenvalue weighted by Crippen LogP contribution is 2.38. The van der Waals surface area contributed by atoms with Crippen molar-refractivity contribution in [3.8, 4) is 0 Å². The van der Waals surface area contributed by atoms with Crippen LogP contribution in [0.1, 0.15) is 15.9 Å². The summed E-state index contributed by atoms with van der Waals surface area (Å²) in [7, 11) is 0. The first kappa shape index (κ1) is 13.1. The quantitative estimate of drug-likeness (QED) is 0.732. The van der Waals surface area contributed by atoms with Gasteiger partial charge in [-0.25, -0.2) is 0 Å². The zero-order valence-electron chi connectivity index (χ0n) is 9.82. The molecule has 0 radical (unpaired) electrons. The Morgan fingerprint density at radius 1 is 1.37 bits per heavy atom. The number of hydrogen-bond acceptors (Lipinski definition) is 3. The van der Waals surface area contributed by atoms with Crippen molar-refractivity contribution in [2.75, 3.05) is 17.2 Å². The fourth-order valence-corrected chi connectivity index (χ4v) is 5.10. The van der Waals surface area contributed by atoms with Crippen LogP contribution in [0.15, 0.2) is 31.8 Å². The molecule has 1 aliphatic heterocycles. The minimum atomic E-state index is -0.00882. The molecule has 2 heterocycles. The van der Waals surface area contributed by atoms with Gasteiger partial charge in [-0.1, -0.05) is 12.1 Å². The topological polar surface area (TPSA) is 46.3 Å². The number of para-hydroxylation sites is 1. The van der Waals surface area contributed by atoms with Gasteiger partial charge in [-0.3, -0.25) is 4.79 Å². The summed E-state index contributed by atoms with van der Waals surface area (Å²) in [5.41, 5.74) is 9.34. The molecule has 98 valence electrons. The molecule has 0 saturated carbocycles. The van der Waals surface area contributed by atoms with Gasteiger partial charge in [0.05, 0.1) is 24.5 Å². The van der Waals surface area contributed by atoms with Gasteiger partial charge in [-0.15, -0.1) is 11.3 Å². The van der Waals surface area contributed by atoms with E-state index in [0.717, 1.165) is 25.2 Å². The van der Waals surface area contributed by atoms with Gasteiger partial charge in [-0.2, -0.15) is 0 Å². The molecule has 1 amide bonds.